The fraction of sp³-hybridized carbons (Fsp3) is 0.667. The largest absolute Gasteiger partial charge is 0.463 e. The number of carbonyl (C=O) groups is 1. The standard InChI is InChI=1S/C15H24O2/c1-4-17-15(16)13(3)12(2)8-7-11-14-9-5-6-10-14/h11H,4-10H2,1-3H3. The summed E-state index contributed by atoms with van der Waals surface area (Å²) in [7, 11) is 0. The van der Waals surface area contributed by atoms with Crippen LogP contribution in [0.1, 0.15) is 59.3 Å². The summed E-state index contributed by atoms with van der Waals surface area (Å²) >= 11 is 0. The molecule has 1 aliphatic carbocycles. The molecule has 0 N–H and O–H groups in total. The molecule has 2 heteroatoms. The van der Waals surface area contributed by atoms with E-state index in [0.717, 1.165) is 24.0 Å². The van der Waals surface area contributed by atoms with E-state index >= 15 is 0 Å². The van der Waals surface area contributed by atoms with E-state index in [1.54, 1.807) is 5.57 Å². The minimum absolute atomic E-state index is 0.168. The SMILES string of the molecule is CCOC(=O)C(C)=C(C)CCC=C1CCCC1. The summed E-state index contributed by atoms with van der Waals surface area (Å²) in [6.45, 7) is 6.17. The fourth-order valence-corrected chi connectivity index (χ4v) is 2.13. The summed E-state index contributed by atoms with van der Waals surface area (Å²) < 4.78 is 4.99. The van der Waals surface area contributed by atoms with E-state index in [2.05, 4.69) is 6.08 Å². The fourth-order valence-electron chi connectivity index (χ4n) is 2.13. The van der Waals surface area contributed by atoms with Crippen molar-refractivity contribution in [2.45, 2.75) is 59.3 Å². The molecule has 0 spiro atoms. The van der Waals surface area contributed by atoms with Gasteiger partial charge in [0.15, 0.2) is 0 Å². The third kappa shape index (κ3) is 4.76. The van der Waals surface area contributed by atoms with E-state index in [0.29, 0.717) is 6.61 Å². The van der Waals surface area contributed by atoms with E-state index in [1.165, 1.54) is 25.7 Å². The van der Waals surface area contributed by atoms with Gasteiger partial charge in [0.05, 0.1) is 6.61 Å². The Labute approximate surface area is 105 Å². The summed E-state index contributed by atoms with van der Waals surface area (Å²) in [4.78, 5) is 11.5. The van der Waals surface area contributed by atoms with Crippen molar-refractivity contribution in [1.82, 2.24) is 0 Å². The molecule has 0 unspecified atom stereocenters. The predicted molar refractivity (Wildman–Crippen MR) is 70.8 cm³/mol. The van der Waals surface area contributed by atoms with Crippen LogP contribution in [0, 0.1) is 0 Å². The van der Waals surface area contributed by atoms with Crippen LogP contribution in [-0.2, 0) is 9.53 Å². The van der Waals surface area contributed by atoms with Crippen LogP contribution in [0.2, 0.25) is 0 Å². The van der Waals surface area contributed by atoms with Crippen LogP contribution in [0.5, 0.6) is 0 Å². The van der Waals surface area contributed by atoms with Gasteiger partial charge in [-0.3, -0.25) is 0 Å². The summed E-state index contributed by atoms with van der Waals surface area (Å²) in [6.07, 6.45) is 9.63. The molecule has 0 radical (unpaired) electrons. The number of esters is 1. The first-order chi connectivity index (χ1) is 8.15. The Hall–Kier alpha value is -1.05. The van der Waals surface area contributed by atoms with Gasteiger partial charge in [0, 0.05) is 5.57 Å². The molecule has 2 nitrogen and oxygen atoms in total. The number of hydrogen-bond acceptors (Lipinski definition) is 2. The molecule has 0 heterocycles. The van der Waals surface area contributed by atoms with Gasteiger partial charge in [-0.15, -0.1) is 0 Å². The van der Waals surface area contributed by atoms with Crippen molar-refractivity contribution in [2.24, 2.45) is 0 Å². The third-order valence-corrected chi connectivity index (χ3v) is 3.42. The molecule has 1 aliphatic rings. The molecule has 0 bridgehead atoms. The average Bonchev–Trinajstić information content (AvgIpc) is 2.81. The zero-order valence-corrected chi connectivity index (χ0v) is 11.3. The number of hydrogen-bond donors (Lipinski definition) is 0. The highest BCUT2D eigenvalue weighted by molar-refractivity contribution is 5.88. The second-order valence-electron chi connectivity index (χ2n) is 4.73. The Morgan fingerprint density at radius 1 is 1.29 bits per heavy atom. The number of carbonyl (C=O) groups excluding carboxylic acids is 1. The van der Waals surface area contributed by atoms with Gasteiger partial charge in [0.25, 0.3) is 0 Å². The van der Waals surface area contributed by atoms with Crippen LogP contribution in [-0.4, -0.2) is 12.6 Å². The second-order valence-corrected chi connectivity index (χ2v) is 4.73. The first-order valence-corrected chi connectivity index (χ1v) is 6.66. The molecule has 0 aromatic rings. The molecule has 0 atom stereocenters. The lowest BCUT2D eigenvalue weighted by Gasteiger charge is -2.06. The van der Waals surface area contributed by atoms with Gasteiger partial charge >= 0.3 is 5.97 Å². The van der Waals surface area contributed by atoms with Crippen molar-refractivity contribution in [3.8, 4) is 0 Å². The molecule has 0 aromatic carbocycles. The van der Waals surface area contributed by atoms with Crippen molar-refractivity contribution in [3.05, 3.63) is 22.8 Å². The minimum atomic E-state index is -0.168. The van der Waals surface area contributed by atoms with Crippen LogP contribution in [0.4, 0.5) is 0 Å². The Balaban J connectivity index is 2.41. The van der Waals surface area contributed by atoms with Crippen LogP contribution >= 0.6 is 0 Å². The highest BCUT2D eigenvalue weighted by Gasteiger charge is 2.09. The van der Waals surface area contributed by atoms with Gasteiger partial charge in [-0.25, -0.2) is 4.79 Å². The molecular formula is C15H24O2. The Morgan fingerprint density at radius 2 is 1.94 bits per heavy atom. The van der Waals surface area contributed by atoms with Gasteiger partial charge in [-0.2, -0.15) is 0 Å². The topological polar surface area (TPSA) is 26.3 Å². The maximum Gasteiger partial charge on any atom is 0.333 e. The average molecular weight is 236 g/mol. The van der Waals surface area contributed by atoms with Crippen LogP contribution in [0.3, 0.4) is 0 Å². The van der Waals surface area contributed by atoms with Gasteiger partial charge in [0.1, 0.15) is 0 Å². The third-order valence-electron chi connectivity index (χ3n) is 3.42. The maximum absolute atomic E-state index is 11.5. The van der Waals surface area contributed by atoms with Crippen molar-refractivity contribution < 1.29 is 9.53 Å². The second kappa shape index (κ2) is 7.31. The molecule has 1 saturated carbocycles. The number of rotatable bonds is 5. The van der Waals surface area contributed by atoms with Crippen molar-refractivity contribution in [2.75, 3.05) is 6.61 Å². The quantitative estimate of drug-likeness (QED) is 0.407. The van der Waals surface area contributed by atoms with Gasteiger partial charge in [0.2, 0.25) is 0 Å². The molecular weight excluding hydrogens is 212 g/mol. The zero-order valence-electron chi connectivity index (χ0n) is 11.3. The van der Waals surface area contributed by atoms with E-state index in [-0.39, 0.29) is 5.97 Å². The van der Waals surface area contributed by atoms with Crippen LogP contribution < -0.4 is 0 Å². The molecule has 96 valence electrons. The zero-order chi connectivity index (χ0) is 12.7. The van der Waals surface area contributed by atoms with Gasteiger partial charge in [-0.05, 0) is 59.3 Å². The molecule has 1 rings (SSSR count). The molecule has 1 fully saturated rings. The monoisotopic (exact) mass is 236 g/mol. The normalized spacial score (nSPS) is 16.8. The Kier molecular flexibility index (Phi) is 6.03. The maximum atomic E-state index is 11.5. The molecule has 0 saturated heterocycles. The highest BCUT2D eigenvalue weighted by Crippen LogP contribution is 2.25. The summed E-state index contributed by atoms with van der Waals surface area (Å²) in [5.74, 6) is -0.168. The molecule has 17 heavy (non-hydrogen) atoms. The summed E-state index contributed by atoms with van der Waals surface area (Å²) in [5, 5.41) is 0. The van der Waals surface area contributed by atoms with Crippen LogP contribution in [0.15, 0.2) is 22.8 Å². The Bertz CT molecular complexity index is 316. The first-order valence-electron chi connectivity index (χ1n) is 6.66. The lowest BCUT2D eigenvalue weighted by molar-refractivity contribution is -0.138. The van der Waals surface area contributed by atoms with E-state index in [9.17, 15) is 4.79 Å². The Morgan fingerprint density at radius 3 is 2.53 bits per heavy atom. The first kappa shape index (κ1) is 14.0. The number of allylic oxidation sites excluding steroid dienone is 3. The van der Waals surface area contributed by atoms with E-state index < -0.39 is 0 Å². The molecule has 0 aliphatic heterocycles. The summed E-state index contributed by atoms with van der Waals surface area (Å²) in [5.41, 5.74) is 3.53. The van der Waals surface area contributed by atoms with E-state index in [4.69, 9.17) is 4.74 Å². The predicted octanol–water partition coefficient (Wildman–Crippen LogP) is 4.17. The minimum Gasteiger partial charge on any atom is -0.463 e. The van der Waals surface area contributed by atoms with Crippen molar-refractivity contribution in [3.63, 3.8) is 0 Å². The smallest absolute Gasteiger partial charge is 0.333 e. The van der Waals surface area contributed by atoms with Crippen molar-refractivity contribution in [1.29, 1.82) is 0 Å². The van der Waals surface area contributed by atoms with Crippen molar-refractivity contribution >= 4 is 5.97 Å². The van der Waals surface area contributed by atoms with E-state index in [1.807, 2.05) is 20.8 Å². The number of ether oxygens (including phenoxy) is 1. The van der Waals surface area contributed by atoms with Gasteiger partial charge in [-0.1, -0.05) is 17.2 Å². The highest BCUT2D eigenvalue weighted by atomic mass is 16.5. The van der Waals surface area contributed by atoms with Crippen LogP contribution in [0.25, 0.3) is 0 Å². The summed E-state index contributed by atoms with van der Waals surface area (Å²) in [6, 6.07) is 0. The molecule has 0 amide bonds. The lowest BCUT2D eigenvalue weighted by atomic mass is 10.0. The van der Waals surface area contributed by atoms with Gasteiger partial charge < -0.3 is 4.74 Å². The lowest BCUT2D eigenvalue weighted by Crippen LogP contribution is -2.06. The molecule has 0 aromatic heterocycles.